The van der Waals surface area contributed by atoms with Gasteiger partial charge in [0.1, 0.15) is 17.2 Å². The van der Waals surface area contributed by atoms with E-state index in [2.05, 4.69) is 26.5 Å². The van der Waals surface area contributed by atoms with Crippen molar-refractivity contribution in [2.45, 2.75) is 77.7 Å². The lowest BCUT2D eigenvalue weighted by atomic mass is 9.69. The third-order valence-corrected chi connectivity index (χ3v) is 7.81. The van der Waals surface area contributed by atoms with Gasteiger partial charge in [0.2, 0.25) is 6.41 Å². The van der Waals surface area contributed by atoms with Gasteiger partial charge in [-0.2, -0.15) is 13.2 Å². The summed E-state index contributed by atoms with van der Waals surface area (Å²) in [4.78, 5) is 39.5. The molecule has 1 aliphatic heterocycles. The number of alkyl halides is 3. The molecule has 2 aromatic carbocycles. The number of carbonyl (C=O) groups is 3. The van der Waals surface area contributed by atoms with E-state index in [0.717, 1.165) is 25.0 Å². The number of benzene rings is 2. The van der Waals surface area contributed by atoms with Crippen molar-refractivity contribution in [3.63, 3.8) is 0 Å². The molecule has 2 amide bonds. The van der Waals surface area contributed by atoms with Gasteiger partial charge in [-0.1, -0.05) is 45.0 Å². The van der Waals surface area contributed by atoms with Crippen molar-refractivity contribution < 1.29 is 37.1 Å². The van der Waals surface area contributed by atoms with Crippen LogP contribution in [-0.2, 0) is 33.5 Å². The number of carbonyl (C=O) groups excluding carboxylic acids is 2. The molecule has 1 heterocycles. The fraction of sp³-hybridized carbons (Fsp3) is 0.467. The second-order valence-electron chi connectivity index (χ2n) is 11.5. The van der Waals surface area contributed by atoms with Crippen LogP contribution >= 0.6 is 0 Å². The van der Waals surface area contributed by atoms with Gasteiger partial charge in [0.15, 0.2) is 0 Å². The Hall–Kier alpha value is -3.76. The minimum absolute atomic E-state index is 0.0103. The van der Waals surface area contributed by atoms with Crippen LogP contribution in [0.5, 0.6) is 0 Å². The molecular weight excluding hydrogens is 542 g/mol. The summed E-state index contributed by atoms with van der Waals surface area (Å²) in [5.41, 5.74) is 3.34. The topological polar surface area (TPSA) is 113 Å². The molecule has 0 bridgehead atoms. The predicted molar refractivity (Wildman–Crippen MR) is 145 cm³/mol. The molecule has 1 spiro atoms. The molecule has 1 fully saturated rings. The van der Waals surface area contributed by atoms with Crippen LogP contribution in [0.25, 0.3) is 0 Å². The molecule has 0 atom stereocenters. The van der Waals surface area contributed by atoms with Crippen LogP contribution in [0.1, 0.15) is 75.1 Å². The van der Waals surface area contributed by atoms with Gasteiger partial charge >= 0.3 is 12.1 Å². The zero-order valence-electron chi connectivity index (χ0n) is 23.3. The Bertz CT molecular complexity index is 1310. The van der Waals surface area contributed by atoms with E-state index in [1.165, 1.54) is 24.3 Å². The molecule has 7 nitrogen and oxygen atoms in total. The van der Waals surface area contributed by atoms with Crippen LogP contribution in [0.4, 0.5) is 17.6 Å². The SMILES string of the molecule is CC(C)(C)C1CCC2(CC1)N=C(c1cccc(C(F)(F)F)c1)C(=O)N2Cc1ccc(CCC(=O)O)c(F)c1.NC=O. The van der Waals surface area contributed by atoms with E-state index < -0.39 is 35.1 Å². The van der Waals surface area contributed by atoms with Gasteiger partial charge in [-0.3, -0.25) is 19.4 Å². The van der Waals surface area contributed by atoms with Gasteiger partial charge in [-0.15, -0.1) is 0 Å². The summed E-state index contributed by atoms with van der Waals surface area (Å²) in [7, 11) is 0. The van der Waals surface area contributed by atoms with E-state index in [1.54, 1.807) is 11.0 Å². The molecule has 0 saturated heterocycles. The number of rotatable bonds is 6. The number of primary amides is 1. The third kappa shape index (κ3) is 7.51. The average molecular weight is 578 g/mol. The average Bonchev–Trinajstić information content (AvgIpc) is 3.14. The molecule has 41 heavy (non-hydrogen) atoms. The fourth-order valence-electron chi connectivity index (χ4n) is 5.53. The number of carboxylic acids is 1. The standard InChI is InChI=1S/C29H32F4N2O3.CH3NO/c1-27(2,3)21-11-13-28(14-12-21)34-25(20-5-4-6-22(16-20)29(31,32)33)26(38)35(28)17-18-7-8-19(23(30)15-18)9-10-24(36)37;2-1-3/h4-8,15-16,21H,9-14,17H2,1-3H3,(H,36,37);1H,(H2,2,3). The lowest BCUT2D eigenvalue weighted by Gasteiger charge is -2.44. The van der Waals surface area contributed by atoms with Crippen molar-refractivity contribution in [2.24, 2.45) is 22.1 Å². The van der Waals surface area contributed by atoms with Crippen LogP contribution in [0.3, 0.4) is 0 Å². The van der Waals surface area contributed by atoms with E-state index in [9.17, 15) is 27.2 Å². The van der Waals surface area contributed by atoms with E-state index in [0.29, 0.717) is 24.3 Å². The Morgan fingerprint density at radius 3 is 2.32 bits per heavy atom. The zero-order valence-corrected chi connectivity index (χ0v) is 23.3. The first-order chi connectivity index (χ1) is 19.1. The van der Waals surface area contributed by atoms with Crippen LogP contribution in [-0.4, -0.2) is 39.7 Å². The van der Waals surface area contributed by atoms with Crippen LogP contribution in [0, 0.1) is 17.2 Å². The van der Waals surface area contributed by atoms with E-state index >= 15 is 0 Å². The lowest BCUT2D eigenvalue weighted by Crippen LogP contribution is -2.49. The maximum Gasteiger partial charge on any atom is 0.416 e. The molecule has 2 aliphatic rings. The van der Waals surface area contributed by atoms with Crippen molar-refractivity contribution in [1.29, 1.82) is 0 Å². The number of nitrogens with two attached hydrogens (primary N) is 1. The molecule has 0 aromatic heterocycles. The summed E-state index contributed by atoms with van der Waals surface area (Å²) in [5.74, 6) is -1.65. The first kappa shape index (κ1) is 31.8. The summed E-state index contributed by atoms with van der Waals surface area (Å²) in [6, 6.07) is 9.11. The molecule has 0 radical (unpaired) electrons. The van der Waals surface area contributed by atoms with E-state index in [-0.39, 0.29) is 48.1 Å². The second-order valence-corrected chi connectivity index (χ2v) is 11.5. The Balaban J connectivity index is 0.00000147. The smallest absolute Gasteiger partial charge is 0.416 e. The first-order valence-corrected chi connectivity index (χ1v) is 13.3. The van der Waals surface area contributed by atoms with Crippen molar-refractivity contribution in [3.05, 3.63) is 70.5 Å². The highest BCUT2D eigenvalue weighted by atomic mass is 19.4. The van der Waals surface area contributed by atoms with Gasteiger partial charge in [0, 0.05) is 18.5 Å². The lowest BCUT2D eigenvalue weighted by molar-refractivity contribution is -0.138. The fourth-order valence-corrected chi connectivity index (χ4v) is 5.53. The van der Waals surface area contributed by atoms with Gasteiger partial charge in [-0.25, -0.2) is 4.39 Å². The highest BCUT2D eigenvalue weighted by molar-refractivity contribution is 6.46. The summed E-state index contributed by atoms with van der Waals surface area (Å²) < 4.78 is 54.9. The van der Waals surface area contributed by atoms with Crippen molar-refractivity contribution >= 4 is 24.0 Å². The molecule has 1 aliphatic carbocycles. The quantitative estimate of drug-likeness (QED) is 0.337. The number of aryl methyl sites for hydroxylation is 1. The Kier molecular flexibility index (Phi) is 9.61. The number of nitrogens with zero attached hydrogens (tertiary/aromatic N) is 2. The monoisotopic (exact) mass is 577 g/mol. The van der Waals surface area contributed by atoms with Gasteiger partial charge in [0.25, 0.3) is 5.91 Å². The predicted octanol–water partition coefficient (Wildman–Crippen LogP) is 5.73. The summed E-state index contributed by atoms with van der Waals surface area (Å²) >= 11 is 0. The highest BCUT2D eigenvalue weighted by Gasteiger charge is 2.50. The molecule has 3 N–H and O–H groups in total. The number of aliphatic carboxylic acids is 1. The normalized spacial score (nSPS) is 20.9. The molecule has 0 unspecified atom stereocenters. The van der Waals surface area contributed by atoms with Gasteiger partial charge in [-0.05, 0) is 72.8 Å². The minimum atomic E-state index is -4.56. The number of hydrogen-bond acceptors (Lipinski definition) is 4. The maximum atomic E-state index is 14.8. The van der Waals surface area contributed by atoms with Crippen molar-refractivity contribution in [2.75, 3.05) is 0 Å². The van der Waals surface area contributed by atoms with Crippen molar-refractivity contribution in [3.8, 4) is 0 Å². The summed E-state index contributed by atoms with van der Waals surface area (Å²) in [6.45, 7) is 6.54. The summed E-state index contributed by atoms with van der Waals surface area (Å²) in [5, 5.41) is 8.89. The summed E-state index contributed by atoms with van der Waals surface area (Å²) in [6.07, 6.45) is -1.74. The second kappa shape index (κ2) is 12.4. The first-order valence-electron chi connectivity index (χ1n) is 13.3. The Labute approximate surface area is 236 Å². The maximum absolute atomic E-state index is 14.8. The largest absolute Gasteiger partial charge is 0.481 e. The van der Waals surface area contributed by atoms with Gasteiger partial charge in [0.05, 0.1) is 5.56 Å². The molecule has 4 rings (SSSR count). The number of halogens is 4. The van der Waals surface area contributed by atoms with Crippen LogP contribution < -0.4 is 5.73 Å². The zero-order chi connectivity index (χ0) is 30.6. The molecule has 222 valence electrons. The molecule has 2 aromatic rings. The third-order valence-electron chi connectivity index (χ3n) is 7.81. The van der Waals surface area contributed by atoms with Crippen LogP contribution in [0.2, 0.25) is 0 Å². The van der Waals surface area contributed by atoms with E-state index in [1.807, 2.05) is 0 Å². The molecular formula is C30H35F4N3O4. The Morgan fingerprint density at radius 2 is 1.78 bits per heavy atom. The number of amides is 2. The number of aliphatic imine (C=N–C) groups is 1. The Morgan fingerprint density at radius 1 is 1.15 bits per heavy atom. The molecule has 11 heteroatoms. The number of hydrogen-bond donors (Lipinski definition) is 2. The molecule has 1 saturated carbocycles. The van der Waals surface area contributed by atoms with Crippen LogP contribution in [0.15, 0.2) is 47.5 Å². The van der Waals surface area contributed by atoms with E-state index in [4.69, 9.17) is 14.9 Å². The van der Waals surface area contributed by atoms with Gasteiger partial charge < -0.3 is 15.7 Å². The number of carboxylic acid groups (broad SMARTS) is 1. The van der Waals surface area contributed by atoms with Crippen molar-refractivity contribution in [1.82, 2.24) is 4.90 Å². The minimum Gasteiger partial charge on any atom is -0.481 e. The highest BCUT2D eigenvalue weighted by Crippen LogP contribution is 2.47.